The Morgan fingerprint density at radius 3 is 2.57 bits per heavy atom. The summed E-state index contributed by atoms with van der Waals surface area (Å²) < 4.78 is 5.51. The molecule has 0 aliphatic carbocycles. The highest BCUT2D eigenvalue weighted by Gasteiger charge is 2.34. The van der Waals surface area contributed by atoms with Crippen LogP contribution in [0.1, 0.15) is 25.0 Å². The maximum absolute atomic E-state index is 9.88. The monoisotopic (exact) mass is 232 g/mol. The lowest BCUT2D eigenvalue weighted by atomic mass is 10.1. The van der Waals surface area contributed by atoms with E-state index in [1.165, 1.54) is 0 Å². The fraction of sp³-hybridized carbons (Fsp3) is 0.400. The average Bonchev–Trinajstić information content (AvgIpc) is 2.51. The molecule has 0 saturated carbocycles. The third kappa shape index (κ3) is 1.38. The molecule has 0 radical (unpaired) electrons. The van der Waals surface area contributed by atoms with Gasteiger partial charge in [-0.25, -0.2) is 0 Å². The molecule has 2 rings (SSSR count). The fourth-order valence-electron chi connectivity index (χ4n) is 1.65. The summed E-state index contributed by atoms with van der Waals surface area (Å²) in [5, 5.41) is 10.9. The van der Waals surface area contributed by atoms with E-state index in [1.54, 1.807) is 12.1 Å². The Bertz CT molecular complexity index is 365. The highest BCUT2D eigenvalue weighted by atomic mass is 35.5. The van der Waals surface area contributed by atoms with E-state index in [1.807, 2.05) is 6.92 Å². The molecule has 0 saturated heterocycles. The summed E-state index contributed by atoms with van der Waals surface area (Å²) >= 11 is 11.9. The molecule has 4 heteroatoms. The van der Waals surface area contributed by atoms with Crippen molar-refractivity contribution in [3.8, 4) is 5.75 Å². The number of hydrogen-bond acceptors (Lipinski definition) is 2. The average molecular weight is 233 g/mol. The summed E-state index contributed by atoms with van der Waals surface area (Å²) in [5.74, 6) is 0.526. The second kappa shape index (κ2) is 3.61. The Hall–Kier alpha value is -0.440. The zero-order valence-corrected chi connectivity index (χ0v) is 9.14. The number of aliphatic hydroxyl groups is 1. The highest BCUT2D eigenvalue weighted by molar-refractivity contribution is 6.35. The molecule has 0 amide bonds. The zero-order valence-electron chi connectivity index (χ0n) is 7.63. The second-order valence-electron chi connectivity index (χ2n) is 3.28. The van der Waals surface area contributed by atoms with Gasteiger partial charge in [0.1, 0.15) is 18.0 Å². The molecule has 0 bridgehead atoms. The van der Waals surface area contributed by atoms with Gasteiger partial charge in [0.25, 0.3) is 0 Å². The number of benzene rings is 1. The molecule has 0 aromatic heterocycles. The Morgan fingerprint density at radius 1 is 1.36 bits per heavy atom. The topological polar surface area (TPSA) is 29.5 Å². The van der Waals surface area contributed by atoms with Crippen LogP contribution in [0.25, 0.3) is 0 Å². The highest BCUT2D eigenvalue weighted by Crippen LogP contribution is 2.45. The lowest BCUT2D eigenvalue weighted by Crippen LogP contribution is -2.16. The van der Waals surface area contributed by atoms with Crippen molar-refractivity contribution in [1.82, 2.24) is 0 Å². The van der Waals surface area contributed by atoms with Gasteiger partial charge in [0.05, 0.1) is 10.0 Å². The molecule has 1 aliphatic heterocycles. The third-order valence-corrected chi connectivity index (χ3v) is 3.04. The van der Waals surface area contributed by atoms with Crippen LogP contribution < -0.4 is 4.74 Å². The van der Waals surface area contributed by atoms with E-state index in [2.05, 4.69) is 0 Å². The minimum absolute atomic E-state index is 0.234. The normalized spacial score (nSPS) is 24.6. The molecule has 1 aromatic carbocycles. The molecule has 1 aliphatic rings. The molecule has 0 spiro atoms. The lowest BCUT2D eigenvalue weighted by Gasteiger charge is -2.11. The summed E-state index contributed by atoms with van der Waals surface area (Å²) in [6.07, 6.45) is -0.175. The van der Waals surface area contributed by atoms with Crippen LogP contribution in [0, 0.1) is 0 Å². The Labute approximate surface area is 92.4 Å². The Balaban J connectivity index is 2.52. The lowest BCUT2D eigenvalue weighted by molar-refractivity contribution is 0.0654. The van der Waals surface area contributed by atoms with Crippen molar-refractivity contribution in [3.05, 3.63) is 27.7 Å². The van der Waals surface area contributed by atoms with Crippen LogP contribution in [-0.4, -0.2) is 11.2 Å². The van der Waals surface area contributed by atoms with E-state index in [0.29, 0.717) is 21.4 Å². The minimum Gasteiger partial charge on any atom is -0.485 e. The van der Waals surface area contributed by atoms with E-state index in [-0.39, 0.29) is 6.10 Å². The summed E-state index contributed by atoms with van der Waals surface area (Å²) in [7, 11) is 0. The molecule has 76 valence electrons. The molecule has 1 heterocycles. The zero-order chi connectivity index (χ0) is 10.3. The van der Waals surface area contributed by atoms with Crippen molar-refractivity contribution in [3.63, 3.8) is 0 Å². The van der Waals surface area contributed by atoms with Crippen molar-refractivity contribution >= 4 is 23.2 Å². The predicted octanol–water partition coefficient (Wildman–Crippen LogP) is 3.20. The molecular weight excluding hydrogens is 223 g/mol. The van der Waals surface area contributed by atoms with Crippen molar-refractivity contribution in [2.24, 2.45) is 0 Å². The number of aliphatic hydroxyl groups excluding tert-OH is 1. The molecular formula is C10H10Cl2O2. The minimum atomic E-state index is -0.666. The first kappa shape index (κ1) is 10.1. The smallest absolute Gasteiger partial charge is 0.145 e. The van der Waals surface area contributed by atoms with E-state index >= 15 is 0 Å². The number of rotatable bonds is 1. The van der Waals surface area contributed by atoms with E-state index in [4.69, 9.17) is 27.9 Å². The Kier molecular flexibility index (Phi) is 2.60. The van der Waals surface area contributed by atoms with Gasteiger partial charge in [-0.3, -0.25) is 0 Å². The van der Waals surface area contributed by atoms with Crippen molar-refractivity contribution in [1.29, 1.82) is 0 Å². The maximum Gasteiger partial charge on any atom is 0.145 e. The first-order valence-corrected chi connectivity index (χ1v) is 5.23. The summed E-state index contributed by atoms with van der Waals surface area (Å²) in [6.45, 7) is 1.95. The molecule has 14 heavy (non-hydrogen) atoms. The fourth-order valence-corrected chi connectivity index (χ4v) is 2.12. The van der Waals surface area contributed by atoms with Crippen LogP contribution >= 0.6 is 23.2 Å². The maximum atomic E-state index is 9.88. The molecule has 0 fully saturated rings. The Morgan fingerprint density at radius 2 is 2.00 bits per heavy atom. The molecule has 2 nitrogen and oxygen atoms in total. The van der Waals surface area contributed by atoms with E-state index in [0.717, 1.165) is 6.42 Å². The van der Waals surface area contributed by atoms with Crippen LogP contribution in [-0.2, 0) is 0 Å². The first-order chi connectivity index (χ1) is 6.65. The van der Waals surface area contributed by atoms with Gasteiger partial charge in [-0.05, 0) is 18.6 Å². The van der Waals surface area contributed by atoms with Crippen molar-refractivity contribution < 1.29 is 9.84 Å². The van der Waals surface area contributed by atoms with Gasteiger partial charge in [-0.1, -0.05) is 30.1 Å². The van der Waals surface area contributed by atoms with Crippen LogP contribution in [0.4, 0.5) is 0 Å². The van der Waals surface area contributed by atoms with Gasteiger partial charge in [0.15, 0.2) is 0 Å². The standard InChI is InChI=1S/C10H10Cl2O2/c1-2-7-9(13)8-5(11)3-4-6(12)10(8)14-7/h3-4,7,9,13H,2H2,1H3. The van der Waals surface area contributed by atoms with Crippen LogP contribution in [0.15, 0.2) is 12.1 Å². The largest absolute Gasteiger partial charge is 0.485 e. The first-order valence-electron chi connectivity index (χ1n) is 4.47. The molecule has 2 unspecified atom stereocenters. The van der Waals surface area contributed by atoms with Gasteiger partial charge in [0.2, 0.25) is 0 Å². The van der Waals surface area contributed by atoms with Crippen molar-refractivity contribution in [2.75, 3.05) is 0 Å². The molecule has 1 aromatic rings. The molecule has 1 N–H and O–H groups in total. The van der Waals surface area contributed by atoms with Gasteiger partial charge in [-0.2, -0.15) is 0 Å². The van der Waals surface area contributed by atoms with E-state index < -0.39 is 6.10 Å². The van der Waals surface area contributed by atoms with Crippen LogP contribution in [0.3, 0.4) is 0 Å². The summed E-state index contributed by atoms with van der Waals surface area (Å²) in [6, 6.07) is 3.35. The van der Waals surface area contributed by atoms with Gasteiger partial charge >= 0.3 is 0 Å². The van der Waals surface area contributed by atoms with E-state index in [9.17, 15) is 5.11 Å². The quantitative estimate of drug-likeness (QED) is 0.806. The van der Waals surface area contributed by atoms with Gasteiger partial charge in [0, 0.05) is 5.56 Å². The molecule has 2 atom stereocenters. The van der Waals surface area contributed by atoms with Crippen molar-refractivity contribution in [2.45, 2.75) is 25.6 Å². The summed E-state index contributed by atoms with van der Waals surface area (Å²) in [5.41, 5.74) is 0.617. The number of hydrogen-bond donors (Lipinski definition) is 1. The second-order valence-corrected chi connectivity index (χ2v) is 4.10. The number of halogens is 2. The van der Waals surface area contributed by atoms with Crippen LogP contribution in [0.2, 0.25) is 10.0 Å². The third-order valence-electron chi connectivity index (χ3n) is 2.41. The summed E-state index contributed by atoms with van der Waals surface area (Å²) in [4.78, 5) is 0. The van der Waals surface area contributed by atoms with Gasteiger partial charge < -0.3 is 9.84 Å². The SMILES string of the molecule is CCC1Oc2c(Cl)ccc(Cl)c2C1O. The predicted molar refractivity (Wildman–Crippen MR) is 56.1 cm³/mol. The number of ether oxygens (including phenoxy) is 1. The number of fused-ring (bicyclic) bond motifs is 1. The van der Waals surface area contributed by atoms with Crippen LogP contribution in [0.5, 0.6) is 5.75 Å². The van der Waals surface area contributed by atoms with Gasteiger partial charge in [-0.15, -0.1) is 0 Å².